The van der Waals surface area contributed by atoms with E-state index in [0.29, 0.717) is 18.8 Å². The molecule has 0 radical (unpaired) electrons. The van der Waals surface area contributed by atoms with E-state index in [0.717, 1.165) is 44.9 Å². The molecular formula is C26H40O7. The maximum absolute atomic E-state index is 12.6. The Labute approximate surface area is 196 Å². The second kappa shape index (κ2) is 8.24. The number of aliphatic carboxylic acids is 1. The summed E-state index contributed by atoms with van der Waals surface area (Å²) in [5.74, 6) is -1.43. The van der Waals surface area contributed by atoms with E-state index < -0.39 is 23.0 Å². The molecule has 0 aliphatic heterocycles. The fraction of sp³-hybridized carbons (Fsp3) is 0.885. The number of aliphatic hydroxyl groups is 1. The third-order valence-corrected chi connectivity index (χ3v) is 10.0. The Bertz CT molecular complexity index is 823. The molecule has 0 unspecified atom stereocenters. The maximum atomic E-state index is 12.6. The summed E-state index contributed by atoms with van der Waals surface area (Å²) in [6, 6.07) is 0. The van der Waals surface area contributed by atoms with Gasteiger partial charge in [0.2, 0.25) is 0 Å². The number of ether oxygens (including phenoxy) is 2. The smallest absolute Gasteiger partial charge is 0.313 e. The summed E-state index contributed by atoms with van der Waals surface area (Å²) in [4.78, 5) is 36.3. The third-order valence-electron chi connectivity index (χ3n) is 10.0. The van der Waals surface area contributed by atoms with Crippen molar-refractivity contribution in [2.75, 3.05) is 13.2 Å². The van der Waals surface area contributed by atoms with Crippen LogP contribution in [-0.4, -0.2) is 46.9 Å². The first-order chi connectivity index (χ1) is 15.4. The van der Waals surface area contributed by atoms with E-state index in [-0.39, 0.29) is 47.8 Å². The largest absolute Gasteiger partial charge is 0.481 e. The van der Waals surface area contributed by atoms with Gasteiger partial charge in [0.15, 0.2) is 0 Å². The number of carbonyl (C=O) groups excluding carboxylic acids is 2. The molecule has 7 nitrogen and oxygen atoms in total. The topological polar surface area (TPSA) is 110 Å². The molecule has 2 N–H and O–H groups in total. The van der Waals surface area contributed by atoms with Crippen molar-refractivity contribution in [3.63, 3.8) is 0 Å². The van der Waals surface area contributed by atoms with E-state index in [2.05, 4.69) is 6.92 Å². The Morgan fingerprint density at radius 2 is 1.73 bits per heavy atom. The number of hydrogen-bond donors (Lipinski definition) is 2. The van der Waals surface area contributed by atoms with Crippen molar-refractivity contribution in [3.05, 3.63) is 0 Å². The van der Waals surface area contributed by atoms with Crippen LogP contribution < -0.4 is 0 Å². The summed E-state index contributed by atoms with van der Waals surface area (Å²) in [6.45, 7) is 7.17. The molecule has 4 rings (SSSR count). The van der Waals surface area contributed by atoms with Crippen LogP contribution in [0.1, 0.15) is 85.5 Å². The minimum absolute atomic E-state index is 0.0455. The SMILES string of the molecule is CC(=O)OC[C@@]1(C(=O)O)CCC[C@@]2(C)[C@@H]3CC[C@H]4C[C@@]3(CC[C@H]12)C[C@@]4(O)COC(=O)C(C)C. The first-order valence-electron chi connectivity index (χ1n) is 12.6. The molecule has 0 aromatic heterocycles. The van der Waals surface area contributed by atoms with Crippen LogP contribution in [0.25, 0.3) is 0 Å². The van der Waals surface area contributed by atoms with Crippen LogP contribution in [0.5, 0.6) is 0 Å². The molecule has 33 heavy (non-hydrogen) atoms. The summed E-state index contributed by atoms with van der Waals surface area (Å²) in [5.41, 5.74) is -2.27. The number of carboxylic acids is 1. The van der Waals surface area contributed by atoms with Gasteiger partial charge in [0.05, 0.1) is 5.92 Å². The predicted molar refractivity (Wildman–Crippen MR) is 120 cm³/mol. The van der Waals surface area contributed by atoms with E-state index in [9.17, 15) is 24.6 Å². The Balaban J connectivity index is 1.61. The molecule has 4 aliphatic carbocycles. The van der Waals surface area contributed by atoms with E-state index >= 15 is 0 Å². The quantitative estimate of drug-likeness (QED) is 0.573. The highest BCUT2D eigenvalue weighted by atomic mass is 16.5. The van der Waals surface area contributed by atoms with Gasteiger partial charge < -0.3 is 19.7 Å². The van der Waals surface area contributed by atoms with Crippen molar-refractivity contribution in [2.24, 2.45) is 39.9 Å². The molecule has 4 saturated carbocycles. The molecule has 186 valence electrons. The molecule has 0 aromatic rings. The zero-order valence-corrected chi connectivity index (χ0v) is 20.5. The van der Waals surface area contributed by atoms with Crippen LogP contribution in [0.2, 0.25) is 0 Å². The van der Waals surface area contributed by atoms with E-state index in [1.54, 1.807) is 13.8 Å². The summed E-state index contributed by atoms with van der Waals surface area (Å²) < 4.78 is 10.8. The van der Waals surface area contributed by atoms with Crippen LogP contribution in [-0.2, 0) is 23.9 Å². The first-order valence-corrected chi connectivity index (χ1v) is 12.6. The monoisotopic (exact) mass is 464 g/mol. The van der Waals surface area contributed by atoms with Gasteiger partial charge in [0, 0.05) is 6.92 Å². The molecule has 0 amide bonds. The number of fused-ring (bicyclic) bond motifs is 3. The van der Waals surface area contributed by atoms with Crippen molar-refractivity contribution in [3.8, 4) is 0 Å². The van der Waals surface area contributed by atoms with Gasteiger partial charge in [-0.15, -0.1) is 0 Å². The van der Waals surface area contributed by atoms with Gasteiger partial charge in [-0.3, -0.25) is 14.4 Å². The first kappa shape index (κ1) is 24.5. The number of esters is 2. The Morgan fingerprint density at radius 1 is 1.00 bits per heavy atom. The normalized spacial score (nSPS) is 44.0. The molecule has 7 atom stereocenters. The van der Waals surface area contributed by atoms with Gasteiger partial charge in [0.1, 0.15) is 24.2 Å². The zero-order valence-electron chi connectivity index (χ0n) is 20.5. The molecule has 0 heterocycles. The van der Waals surface area contributed by atoms with Crippen LogP contribution in [0, 0.1) is 39.9 Å². The molecule has 0 aromatic carbocycles. The van der Waals surface area contributed by atoms with Gasteiger partial charge in [0.25, 0.3) is 0 Å². The lowest BCUT2D eigenvalue weighted by Gasteiger charge is -2.63. The number of rotatable bonds is 6. The molecule has 4 aliphatic rings. The van der Waals surface area contributed by atoms with Gasteiger partial charge in [-0.1, -0.05) is 27.2 Å². The van der Waals surface area contributed by atoms with Crippen molar-refractivity contribution in [1.29, 1.82) is 0 Å². The summed E-state index contributed by atoms with van der Waals surface area (Å²) >= 11 is 0. The second-order valence-electron chi connectivity index (χ2n) is 12.1. The molecular weight excluding hydrogens is 424 g/mol. The van der Waals surface area contributed by atoms with E-state index in [1.165, 1.54) is 6.92 Å². The van der Waals surface area contributed by atoms with Crippen LogP contribution in [0.15, 0.2) is 0 Å². The maximum Gasteiger partial charge on any atom is 0.313 e. The highest BCUT2D eigenvalue weighted by Gasteiger charge is 2.69. The van der Waals surface area contributed by atoms with Gasteiger partial charge in [-0.2, -0.15) is 0 Å². The molecule has 4 fully saturated rings. The molecule has 0 saturated heterocycles. The van der Waals surface area contributed by atoms with E-state index in [4.69, 9.17) is 9.47 Å². The lowest BCUT2D eigenvalue weighted by Crippen LogP contribution is -2.60. The second-order valence-corrected chi connectivity index (χ2v) is 12.1. The van der Waals surface area contributed by atoms with Crippen molar-refractivity contribution >= 4 is 17.9 Å². The van der Waals surface area contributed by atoms with Crippen molar-refractivity contribution < 1.29 is 34.1 Å². The Hall–Kier alpha value is -1.63. The van der Waals surface area contributed by atoms with Gasteiger partial charge in [-0.25, -0.2) is 0 Å². The highest BCUT2D eigenvalue weighted by molar-refractivity contribution is 5.76. The molecule has 7 heteroatoms. The van der Waals surface area contributed by atoms with E-state index in [1.807, 2.05) is 0 Å². The number of hydrogen-bond acceptors (Lipinski definition) is 6. The number of carbonyl (C=O) groups is 3. The van der Waals surface area contributed by atoms with Crippen LogP contribution in [0.4, 0.5) is 0 Å². The fourth-order valence-corrected chi connectivity index (χ4v) is 8.68. The van der Waals surface area contributed by atoms with Gasteiger partial charge >= 0.3 is 17.9 Å². The van der Waals surface area contributed by atoms with Gasteiger partial charge in [-0.05, 0) is 80.0 Å². The Morgan fingerprint density at radius 3 is 2.36 bits per heavy atom. The fourth-order valence-electron chi connectivity index (χ4n) is 8.68. The minimum atomic E-state index is -1.04. The molecule has 2 bridgehead atoms. The highest BCUT2D eigenvalue weighted by Crippen LogP contribution is 2.73. The standard InChI is InChI=1S/C26H40O7/c1-16(2)21(28)33-15-26(31)13-24-11-8-20-23(4,19(24)7-6-18(26)12-24)9-5-10-25(20,22(29)30)14-32-17(3)27/h16,18-20,31H,5-15H2,1-4H3,(H,29,30)/t18-,19-,20-,23-,24-,25-,26+/m0/s1. The predicted octanol–water partition coefficient (Wildman–Crippen LogP) is 3.96. The summed E-state index contributed by atoms with van der Waals surface area (Å²) in [7, 11) is 0. The average molecular weight is 465 g/mol. The lowest BCUT2D eigenvalue weighted by molar-refractivity contribution is -0.196. The van der Waals surface area contributed by atoms with Crippen LogP contribution in [0.3, 0.4) is 0 Å². The van der Waals surface area contributed by atoms with Crippen LogP contribution >= 0.6 is 0 Å². The summed E-state index contributed by atoms with van der Waals surface area (Å²) in [5, 5.41) is 22.0. The van der Waals surface area contributed by atoms with Crippen molar-refractivity contribution in [1.82, 2.24) is 0 Å². The molecule has 1 spiro atoms. The number of carboxylic acid groups (broad SMARTS) is 1. The van der Waals surface area contributed by atoms with Crippen molar-refractivity contribution in [2.45, 2.75) is 91.1 Å². The minimum Gasteiger partial charge on any atom is -0.481 e. The lowest BCUT2D eigenvalue weighted by atomic mass is 9.40. The zero-order chi connectivity index (χ0) is 24.2. The Kier molecular flexibility index (Phi) is 6.12. The summed E-state index contributed by atoms with van der Waals surface area (Å²) in [6.07, 6.45) is 7.28. The average Bonchev–Trinajstić information content (AvgIpc) is 2.94. The third kappa shape index (κ3) is 3.78.